The Bertz CT molecular complexity index is 599. The fourth-order valence-electron chi connectivity index (χ4n) is 2.43. The van der Waals surface area contributed by atoms with Crippen LogP contribution in [0.4, 0.5) is 8.78 Å². The summed E-state index contributed by atoms with van der Waals surface area (Å²) in [5.74, 6) is -2.00. The zero-order chi connectivity index (χ0) is 15.2. The van der Waals surface area contributed by atoms with Crippen LogP contribution in [0.1, 0.15) is 37.7 Å². The predicted octanol–water partition coefficient (Wildman–Crippen LogP) is 3.32. The largest absolute Gasteiger partial charge is 0.349 e. The van der Waals surface area contributed by atoms with Crippen molar-refractivity contribution in [3.05, 3.63) is 41.0 Å². The number of amides is 1. The smallest absolute Gasteiger partial charge is 0.262 e. The van der Waals surface area contributed by atoms with Crippen molar-refractivity contribution in [2.45, 2.75) is 38.1 Å². The monoisotopic (exact) mass is 290 g/mol. The van der Waals surface area contributed by atoms with Gasteiger partial charge in [0.25, 0.3) is 5.91 Å². The molecule has 0 aromatic heterocycles. The zero-order valence-corrected chi connectivity index (χ0v) is 11.5. The van der Waals surface area contributed by atoms with E-state index >= 15 is 0 Å². The van der Waals surface area contributed by atoms with Gasteiger partial charge in [0, 0.05) is 17.7 Å². The van der Waals surface area contributed by atoms with Crippen LogP contribution in [0, 0.1) is 23.0 Å². The Morgan fingerprint density at radius 1 is 1.29 bits per heavy atom. The van der Waals surface area contributed by atoms with E-state index in [1.54, 1.807) is 6.07 Å². The number of benzene rings is 1. The first-order chi connectivity index (χ1) is 10.1. The van der Waals surface area contributed by atoms with Gasteiger partial charge in [0.15, 0.2) is 0 Å². The van der Waals surface area contributed by atoms with E-state index in [-0.39, 0.29) is 17.2 Å². The van der Waals surface area contributed by atoms with Crippen molar-refractivity contribution in [1.29, 1.82) is 5.26 Å². The van der Waals surface area contributed by atoms with Crippen LogP contribution in [0.2, 0.25) is 0 Å². The summed E-state index contributed by atoms with van der Waals surface area (Å²) in [5, 5.41) is 11.9. The Morgan fingerprint density at radius 2 is 2.00 bits per heavy atom. The van der Waals surface area contributed by atoms with E-state index in [1.165, 1.54) is 6.07 Å². The fourth-order valence-corrected chi connectivity index (χ4v) is 2.43. The summed E-state index contributed by atoms with van der Waals surface area (Å²) in [6.07, 6.45) is 6.22. The molecule has 1 amide bonds. The molecule has 1 aliphatic carbocycles. The Balaban J connectivity index is 2.12. The predicted molar refractivity (Wildman–Crippen MR) is 75.0 cm³/mol. The number of hydrogen-bond acceptors (Lipinski definition) is 2. The van der Waals surface area contributed by atoms with Gasteiger partial charge >= 0.3 is 0 Å². The van der Waals surface area contributed by atoms with Crippen molar-refractivity contribution in [2.24, 2.45) is 0 Å². The minimum atomic E-state index is -0.798. The van der Waals surface area contributed by atoms with Gasteiger partial charge in [-0.1, -0.05) is 19.3 Å². The molecule has 0 saturated heterocycles. The van der Waals surface area contributed by atoms with E-state index in [1.807, 2.05) is 0 Å². The molecule has 0 unspecified atom stereocenters. The van der Waals surface area contributed by atoms with Gasteiger partial charge < -0.3 is 5.32 Å². The Hall–Kier alpha value is -2.22. The third-order valence-corrected chi connectivity index (χ3v) is 3.57. The van der Waals surface area contributed by atoms with E-state index in [2.05, 4.69) is 5.32 Å². The molecule has 0 bridgehead atoms. The molecule has 1 aromatic carbocycles. The lowest BCUT2D eigenvalue weighted by atomic mass is 9.95. The highest BCUT2D eigenvalue weighted by molar-refractivity contribution is 6.01. The Labute approximate surface area is 122 Å². The molecular weight excluding hydrogens is 274 g/mol. The highest BCUT2D eigenvalue weighted by Gasteiger charge is 2.18. The summed E-state index contributed by atoms with van der Waals surface area (Å²) in [7, 11) is 0. The number of nitriles is 1. The van der Waals surface area contributed by atoms with Crippen molar-refractivity contribution < 1.29 is 13.6 Å². The lowest BCUT2D eigenvalue weighted by Crippen LogP contribution is -2.36. The lowest BCUT2D eigenvalue weighted by Gasteiger charge is -2.22. The minimum Gasteiger partial charge on any atom is -0.349 e. The maximum absolute atomic E-state index is 13.5. The van der Waals surface area contributed by atoms with Crippen molar-refractivity contribution in [2.75, 3.05) is 0 Å². The normalized spacial score (nSPS) is 16.3. The molecule has 21 heavy (non-hydrogen) atoms. The topological polar surface area (TPSA) is 52.9 Å². The summed E-state index contributed by atoms with van der Waals surface area (Å²) < 4.78 is 26.4. The molecule has 0 spiro atoms. The van der Waals surface area contributed by atoms with Crippen molar-refractivity contribution in [3.63, 3.8) is 0 Å². The molecular formula is C16H16F2N2O. The minimum absolute atomic E-state index is 0.0201. The van der Waals surface area contributed by atoms with Gasteiger partial charge in [-0.05, 0) is 31.1 Å². The van der Waals surface area contributed by atoms with Crippen LogP contribution in [0.25, 0.3) is 6.08 Å². The second-order valence-electron chi connectivity index (χ2n) is 5.14. The van der Waals surface area contributed by atoms with Crippen LogP contribution >= 0.6 is 0 Å². The van der Waals surface area contributed by atoms with Crippen molar-refractivity contribution >= 4 is 12.0 Å². The second kappa shape index (κ2) is 6.98. The average molecular weight is 290 g/mol. The third-order valence-electron chi connectivity index (χ3n) is 3.57. The van der Waals surface area contributed by atoms with Crippen LogP contribution in [-0.2, 0) is 4.79 Å². The first-order valence-corrected chi connectivity index (χ1v) is 6.98. The number of carbonyl (C=O) groups is 1. The molecule has 1 N–H and O–H groups in total. The second-order valence-corrected chi connectivity index (χ2v) is 5.14. The number of carbonyl (C=O) groups excluding carboxylic acids is 1. The van der Waals surface area contributed by atoms with Gasteiger partial charge in [-0.2, -0.15) is 5.26 Å². The molecule has 0 atom stereocenters. The van der Waals surface area contributed by atoms with Gasteiger partial charge in [-0.3, -0.25) is 4.79 Å². The summed E-state index contributed by atoms with van der Waals surface area (Å²) in [4.78, 5) is 12.0. The van der Waals surface area contributed by atoms with E-state index in [0.29, 0.717) is 0 Å². The van der Waals surface area contributed by atoms with Crippen LogP contribution in [0.5, 0.6) is 0 Å². The number of rotatable bonds is 3. The molecule has 3 nitrogen and oxygen atoms in total. The zero-order valence-electron chi connectivity index (χ0n) is 11.5. The van der Waals surface area contributed by atoms with Gasteiger partial charge in [-0.25, -0.2) is 8.78 Å². The Morgan fingerprint density at radius 3 is 2.62 bits per heavy atom. The molecule has 5 heteroatoms. The van der Waals surface area contributed by atoms with Crippen LogP contribution in [0.15, 0.2) is 23.8 Å². The maximum Gasteiger partial charge on any atom is 0.262 e. The molecule has 0 heterocycles. The van der Waals surface area contributed by atoms with Crippen molar-refractivity contribution in [3.8, 4) is 6.07 Å². The molecule has 0 radical (unpaired) electrons. The number of hydrogen-bond donors (Lipinski definition) is 1. The lowest BCUT2D eigenvalue weighted by molar-refractivity contribution is -0.117. The molecule has 1 fully saturated rings. The fraction of sp³-hybridized carbons (Fsp3) is 0.375. The van der Waals surface area contributed by atoms with E-state index < -0.39 is 17.5 Å². The van der Waals surface area contributed by atoms with Crippen LogP contribution in [-0.4, -0.2) is 11.9 Å². The third kappa shape index (κ3) is 4.12. The molecule has 1 aromatic rings. The summed E-state index contributed by atoms with van der Waals surface area (Å²) in [6, 6.07) is 4.85. The molecule has 110 valence electrons. The van der Waals surface area contributed by atoms with Gasteiger partial charge in [-0.15, -0.1) is 0 Å². The van der Waals surface area contributed by atoms with Crippen LogP contribution < -0.4 is 5.32 Å². The first-order valence-electron chi connectivity index (χ1n) is 6.98. The van der Waals surface area contributed by atoms with Crippen molar-refractivity contribution in [1.82, 2.24) is 5.32 Å². The first kappa shape index (κ1) is 15.2. The molecule has 2 rings (SSSR count). The highest BCUT2D eigenvalue weighted by atomic mass is 19.1. The Kier molecular flexibility index (Phi) is 5.04. The van der Waals surface area contributed by atoms with E-state index in [4.69, 9.17) is 5.26 Å². The van der Waals surface area contributed by atoms with Gasteiger partial charge in [0.2, 0.25) is 0 Å². The average Bonchev–Trinajstić information content (AvgIpc) is 2.47. The number of halogens is 2. The number of nitrogens with one attached hydrogen (secondary N) is 1. The SMILES string of the molecule is N#C/C(=C\c1ccc(F)cc1F)C(=O)NC1CCCCC1. The summed E-state index contributed by atoms with van der Waals surface area (Å²) in [6.45, 7) is 0. The maximum atomic E-state index is 13.5. The van der Waals surface area contributed by atoms with Gasteiger partial charge in [0.1, 0.15) is 23.3 Å². The van der Waals surface area contributed by atoms with Crippen LogP contribution in [0.3, 0.4) is 0 Å². The molecule has 1 aliphatic rings. The number of nitrogens with zero attached hydrogens (tertiary/aromatic N) is 1. The standard InChI is InChI=1S/C16H16F2N2O/c17-13-7-6-11(15(18)9-13)8-12(10-19)16(21)20-14-4-2-1-3-5-14/h6-9,14H,1-5H2,(H,20,21)/b12-8+. The van der Waals surface area contributed by atoms with Gasteiger partial charge in [0.05, 0.1) is 0 Å². The molecule has 1 saturated carbocycles. The van der Waals surface area contributed by atoms with E-state index in [9.17, 15) is 13.6 Å². The molecule has 0 aliphatic heterocycles. The summed E-state index contributed by atoms with van der Waals surface area (Å²) in [5.41, 5.74) is -0.155. The highest BCUT2D eigenvalue weighted by Crippen LogP contribution is 2.18. The summed E-state index contributed by atoms with van der Waals surface area (Å²) >= 11 is 0. The quantitative estimate of drug-likeness (QED) is 0.686. The van der Waals surface area contributed by atoms with E-state index in [0.717, 1.165) is 50.3 Å².